The number of rotatable bonds is 4. The number of aromatic nitrogens is 2. The molecule has 1 aliphatic carbocycles. The number of H-pyrrole nitrogens is 1. The molecule has 33 heavy (non-hydrogen) atoms. The lowest BCUT2D eigenvalue weighted by atomic mass is 9.78. The van der Waals surface area contributed by atoms with Crippen LogP contribution in [0.2, 0.25) is 0 Å². The minimum absolute atomic E-state index is 0.119. The molecule has 2 aliphatic rings. The van der Waals surface area contributed by atoms with Crippen molar-refractivity contribution >= 4 is 29.0 Å². The van der Waals surface area contributed by atoms with E-state index in [0.29, 0.717) is 51.1 Å². The molecule has 0 saturated heterocycles. The number of nitrogens with one attached hydrogen (secondary N) is 2. The standard InChI is InChI=1S/C25H27N3O4S/c1-14-4-3-5-19(15(14)2)26-23(29)17-7-8-18-20(11-17)27-25(33)28(24(18)30)12-16-6-9-21-22(10-16)32-13-31-21/h6-11,14-15,19H,3-5,12-13H2,1-2H3,(H,26,29)(H,27,33)/t14-,15-,19-/m1/s1. The summed E-state index contributed by atoms with van der Waals surface area (Å²) in [4.78, 5) is 29.2. The Kier molecular flexibility index (Phi) is 5.70. The van der Waals surface area contributed by atoms with Gasteiger partial charge in [0.15, 0.2) is 16.3 Å². The monoisotopic (exact) mass is 465 g/mol. The molecular weight excluding hydrogens is 438 g/mol. The molecule has 0 radical (unpaired) electrons. The average Bonchev–Trinajstić information content (AvgIpc) is 3.27. The lowest BCUT2D eigenvalue weighted by molar-refractivity contribution is 0.0891. The van der Waals surface area contributed by atoms with Crippen LogP contribution in [0.1, 0.15) is 49.0 Å². The molecule has 8 heteroatoms. The quantitative estimate of drug-likeness (QED) is 0.558. The number of amides is 1. The number of carbonyl (C=O) groups excluding carboxylic acids is 1. The molecule has 2 N–H and O–H groups in total. The molecule has 7 nitrogen and oxygen atoms in total. The fraction of sp³-hybridized carbons (Fsp3) is 0.400. The third kappa shape index (κ3) is 4.15. The van der Waals surface area contributed by atoms with Crippen molar-refractivity contribution in [3.05, 3.63) is 62.6 Å². The first-order chi connectivity index (χ1) is 15.9. The average molecular weight is 466 g/mol. The van der Waals surface area contributed by atoms with Gasteiger partial charge >= 0.3 is 0 Å². The maximum atomic E-state index is 13.2. The Balaban J connectivity index is 1.41. The van der Waals surface area contributed by atoms with Gasteiger partial charge in [0.2, 0.25) is 6.79 Å². The summed E-state index contributed by atoms with van der Waals surface area (Å²) in [5, 5.41) is 3.68. The van der Waals surface area contributed by atoms with Crippen molar-refractivity contribution in [1.82, 2.24) is 14.9 Å². The molecule has 0 spiro atoms. The third-order valence-electron chi connectivity index (χ3n) is 7.05. The fourth-order valence-corrected chi connectivity index (χ4v) is 5.06. The van der Waals surface area contributed by atoms with Crippen LogP contribution in [0.4, 0.5) is 0 Å². The summed E-state index contributed by atoms with van der Waals surface area (Å²) in [6.45, 7) is 4.95. The second kappa shape index (κ2) is 8.67. The van der Waals surface area contributed by atoms with E-state index in [4.69, 9.17) is 21.7 Å². The van der Waals surface area contributed by atoms with Crippen molar-refractivity contribution in [3.63, 3.8) is 0 Å². The number of hydrogen-bond donors (Lipinski definition) is 2. The molecule has 1 amide bonds. The van der Waals surface area contributed by atoms with Gasteiger partial charge in [0.05, 0.1) is 17.4 Å². The Hall–Kier alpha value is -3.13. The number of ether oxygens (including phenoxy) is 2. The van der Waals surface area contributed by atoms with E-state index in [0.717, 1.165) is 18.4 Å². The van der Waals surface area contributed by atoms with Crippen LogP contribution in [0.5, 0.6) is 11.5 Å². The lowest BCUT2D eigenvalue weighted by Crippen LogP contribution is -2.43. The predicted octanol–water partition coefficient (Wildman–Crippen LogP) is 4.39. The van der Waals surface area contributed by atoms with Gasteiger partial charge in [-0.2, -0.15) is 0 Å². The van der Waals surface area contributed by atoms with Crippen molar-refractivity contribution in [2.24, 2.45) is 11.8 Å². The molecule has 0 bridgehead atoms. The second-order valence-corrected chi connectivity index (χ2v) is 9.50. The van der Waals surface area contributed by atoms with Crippen molar-refractivity contribution in [2.45, 2.75) is 45.7 Å². The number of nitrogens with zero attached hydrogens (tertiary/aromatic N) is 1. The van der Waals surface area contributed by atoms with Gasteiger partial charge in [-0.25, -0.2) is 0 Å². The molecule has 172 valence electrons. The van der Waals surface area contributed by atoms with E-state index in [1.807, 2.05) is 18.2 Å². The first kappa shape index (κ1) is 21.7. The van der Waals surface area contributed by atoms with E-state index in [1.54, 1.807) is 18.2 Å². The fourth-order valence-electron chi connectivity index (χ4n) is 4.80. The second-order valence-electron chi connectivity index (χ2n) is 9.12. The van der Waals surface area contributed by atoms with Crippen molar-refractivity contribution < 1.29 is 14.3 Å². The Morgan fingerprint density at radius 1 is 1.15 bits per heavy atom. The first-order valence-electron chi connectivity index (χ1n) is 11.4. The minimum Gasteiger partial charge on any atom is -0.454 e. The highest BCUT2D eigenvalue weighted by Gasteiger charge is 2.28. The highest BCUT2D eigenvalue weighted by Crippen LogP contribution is 2.33. The van der Waals surface area contributed by atoms with E-state index >= 15 is 0 Å². The lowest BCUT2D eigenvalue weighted by Gasteiger charge is -2.34. The Bertz CT molecular complexity index is 1350. The van der Waals surface area contributed by atoms with Gasteiger partial charge in [0.25, 0.3) is 11.5 Å². The van der Waals surface area contributed by atoms with Crippen LogP contribution in [0.3, 0.4) is 0 Å². The largest absolute Gasteiger partial charge is 0.454 e. The number of fused-ring (bicyclic) bond motifs is 2. The summed E-state index contributed by atoms with van der Waals surface area (Å²) < 4.78 is 12.6. The molecule has 3 atom stereocenters. The molecule has 0 unspecified atom stereocenters. The topological polar surface area (TPSA) is 85.3 Å². The van der Waals surface area contributed by atoms with Crippen LogP contribution >= 0.6 is 12.2 Å². The highest BCUT2D eigenvalue weighted by molar-refractivity contribution is 7.71. The number of carbonyl (C=O) groups is 1. The van der Waals surface area contributed by atoms with Gasteiger partial charge in [-0.1, -0.05) is 32.8 Å². The molecule has 1 aliphatic heterocycles. The smallest absolute Gasteiger partial charge is 0.262 e. The van der Waals surface area contributed by atoms with E-state index in [2.05, 4.69) is 24.1 Å². The Labute approximate surface area is 196 Å². The van der Waals surface area contributed by atoms with Gasteiger partial charge in [-0.05, 0) is 66.4 Å². The van der Waals surface area contributed by atoms with Crippen LogP contribution < -0.4 is 20.3 Å². The van der Waals surface area contributed by atoms with Crippen molar-refractivity contribution in [3.8, 4) is 11.5 Å². The number of benzene rings is 2. The molecular formula is C25H27N3O4S. The maximum Gasteiger partial charge on any atom is 0.262 e. The van der Waals surface area contributed by atoms with E-state index < -0.39 is 0 Å². The molecule has 1 aromatic heterocycles. The van der Waals surface area contributed by atoms with E-state index in [-0.39, 0.29) is 24.3 Å². The molecule has 2 heterocycles. The van der Waals surface area contributed by atoms with E-state index in [9.17, 15) is 9.59 Å². The van der Waals surface area contributed by atoms with Crippen molar-refractivity contribution in [1.29, 1.82) is 0 Å². The molecule has 1 fully saturated rings. The van der Waals surface area contributed by atoms with Gasteiger partial charge in [0, 0.05) is 11.6 Å². The summed E-state index contributed by atoms with van der Waals surface area (Å²) >= 11 is 5.48. The zero-order valence-electron chi connectivity index (χ0n) is 18.7. The van der Waals surface area contributed by atoms with Gasteiger partial charge < -0.3 is 19.8 Å². The number of aromatic amines is 1. The summed E-state index contributed by atoms with van der Waals surface area (Å²) in [6, 6.07) is 10.9. The van der Waals surface area contributed by atoms with E-state index in [1.165, 1.54) is 11.0 Å². The van der Waals surface area contributed by atoms with Crippen LogP contribution in [-0.4, -0.2) is 28.3 Å². The summed E-state index contributed by atoms with van der Waals surface area (Å²) in [6.07, 6.45) is 3.33. The minimum atomic E-state index is -0.201. The molecule has 1 saturated carbocycles. The van der Waals surface area contributed by atoms with Crippen LogP contribution in [-0.2, 0) is 6.54 Å². The zero-order valence-corrected chi connectivity index (χ0v) is 19.5. The van der Waals surface area contributed by atoms with Crippen molar-refractivity contribution in [2.75, 3.05) is 6.79 Å². The Morgan fingerprint density at radius 3 is 2.82 bits per heavy atom. The predicted molar refractivity (Wildman–Crippen MR) is 128 cm³/mol. The summed E-state index contributed by atoms with van der Waals surface area (Å²) in [7, 11) is 0. The van der Waals surface area contributed by atoms with Gasteiger partial charge in [-0.3, -0.25) is 14.2 Å². The molecule has 3 aromatic rings. The highest BCUT2D eigenvalue weighted by atomic mass is 32.1. The van der Waals surface area contributed by atoms with Crippen LogP contribution in [0, 0.1) is 16.6 Å². The van der Waals surface area contributed by atoms with Crippen LogP contribution in [0.25, 0.3) is 10.9 Å². The zero-order chi connectivity index (χ0) is 23.1. The van der Waals surface area contributed by atoms with Gasteiger partial charge in [-0.15, -0.1) is 0 Å². The number of hydrogen-bond acceptors (Lipinski definition) is 5. The molecule has 2 aromatic carbocycles. The SMILES string of the molecule is C[C@@H]1[C@H](C)CCC[C@H]1NC(=O)c1ccc2c(=O)n(Cc3ccc4c(c3)OCO4)c(=S)[nH]c2c1. The summed E-state index contributed by atoms with van der Waals surface area (Å²) in [5.74, 6) is 2.27. The normalized spacial score (nSPS) is 21.8. The van der Waals surface area contributed by atoms with Crippen LogP contribution in [0.15, 0.2) is 41.2 Å². The summed E-state index contributed by atoms with van der Waals surface area (Å²) in [5.41, 5.74) is 1.76. The maximum absolute atomic E-state index is 13.2. The third-order valence-corrected chi connectivity index (χ3v) is 7.37. The first-order valence-corrected chi connectivity index (χ1v) is 11.8. The Morgan fingerprint density at radius 2 is 1.97 bits per heavy atom. The molecule has 5 rings (SSSR count). The van der Waals surface area contributed by atoms with Gasteiger partial charge in [0.1, 0.15) is 0 Å².